The number of pyridine rings is 1. The fraction of sp³-hybridized carbons (Fsp3) is 0. The Morgan fingerprint density at radius 1 is 0.517 bits per heavy atom. The van der Waals surface area contributed by atoms with E-state index in [4.69, 9.17) is 12.2 Å². The number of rotatable bonds is 3. The van der Waals surface area contributed by atoms with Crippen molar-refractivity contribution in [1.29, 1.82) is 0 Å². The number of hydrogen-bond acceptors (Lipinski definition) is 1. The molecule has 0 amide bonds. The second-order valence-electron chi connectivity index (χ2n) is 5.57. The van der Waals surface area contributed by atoms with Gasteiger partial charge in [-0.1, -0.05) is 109 Å². The second-order valence-corrected chi connectivity index (χ2v) is 8.23. The summed E-state index contributed by atoms with van der Waals surface area (Å²) in [7, 11) is -0.446. The van der Waals surface area contributed by atoms with Gasteiger partial charge in [-0.25, -0.2) is 0 Å². The predicted octanol–water partition coefficient (Wildman–Crippen LogP) is 4.95. The third-order valence-electron chi connectivity index (χ3n) is 3.72. The van der Waals surface area contributed by atoms with Crippen LogP contribution in [0.1, 0.15) is 0 Å². The van der Waals surface area contributed by atoms with Crippen LogP contribution in [-0.2, 0) is 28.0 Å². The van der Waals surface area contributed by atoms with Gasteiger partial charge in [0.05, 0.1) is 0 Å². The van der Waals surface area contributed by atoms with Crippen molar-refractivity contribution < 1.29 is 28.0 Å². The molecule has 3 nitrogen and oxygen atoms in total. The minimum atomic E-state index is -0.446. The summed E-state index contributed by atoms with van der Waals surface area (Å²) in [5.41, 5.74) is 0. The molecule has 0 unspecified atom stereocenters. The van der Waals surface area contributed by atoms with Crippen molar-refractivity contribution in [3.63, 3.8) is 0 Å². The first-order chi connectivity index (χ1) is 12.8. The Morgan fingerprint density at radius 2 is 0.862 bits per heavy atom. The smallest absolute Gasteiger partial charge is 0.103 e. The predicted molar refractivity (Wildman–Crippen MR) is 118 cm³/mol. The molecule has 0 atom stereocenters. The van der Waals surface area contributed by atoms with E-state index in [0.717, 1.165) is 4.64 Å². The van der Waals surface area contributed by atoms with Crippen LogP contribution in [0.25, 0.3) is 0 Å². The van der Waals surface area contributed by atoms with Gasteiger partial charge in [0.2, 0.25) is 0 Å². The molecule has 1 N–H and O–H groups in total. The maximum atomic E-state index is 4.76. The number of benzene rings is 3. The molecule has 0 aliphatic rings. The van der Waals surface area contributed by atoms with Crippen LogP contribution in [0.15, 0.2) is 115 Å². The van der Waals surface area contributed by atoms with E-state index < -0.39 is 7.92 Å². The first-order valence-corrected chi connectivity index (χ1v) is 10.2. The van der Waals surface area contributed by atoms with E-state index in [2.05, 4.69) is 96.0 Å². The molecular weight excluding hydrogens is 440 g/mol. The zero-order valence-electron chi connectivity index (χ0n) is 15.5. The summed E-state index contributed by atoms with van der Waals surface area (Å²) in [6, 6.07) is 38.0. The maximum absolute atomic E-state index is 4.76. The molecule has 0 saturated carbocycles. The van der Waals surface area contributed by atoms with Crippen molar-refractivity contribution in [2.45, 2.75) is 0 Å². The van der Waals surface area contributed by atoms with Crippen LogP contribution in [0, 0.1) is 4.64 Å². The first kappa shape index (κ1) is 26.9. The van der Waals surface area contributed by atoms with Crippen molar-refractivity contribution in [2.24, 2.45) is 0 Å². The van der Waals surface area contributed by atoms with Crippen LogP contribution in [0.2, 0.25) is 0 Å². The minimum absolute atomic E-state index is 0. The molecule has 0 bridgehead atoms. The van der Waals surface area contributed by atoms with Gasteiger partial charge in [0.25, 0.3) is 0 Å². The van der Waals surface area contributed by atoms with Crippen LogP contribution in [0.3, 0.4) is 0 Å². The van der Waals surface area contributed by atoms with Gasteiger partial charge < -0.3 is 15.9 Å². The van der Waals surface area contributed by atoms with Crippen molar-refractivity contribution in [3.8, 4) is 0 Å². The fourth-order valence-electron chi connectivity index (χ4n) is 2.56. The third kappa shape index (κ3) is 8.43. The molecule has 0 fully saturated rings. The molecular formula is C23H20MnNO2PS-4. The molecule has 0 saturated heterocycles. The Morgan fingerprint density at radius 3 is 1.10 bits per heavy atom. The van der Waals surface area contributed by atoms with Gasteiger partial charge in [0.1, 0.15) is 4.64 Å². The number of nitrogens with one attached hydrogen (secondary N) is 1. The normalized spacial score (nSPS) is 9.00. The molecule has 151 valence electrons. The van der Waals surface area contributed by atoms with Crippen molar-refractivity contribution >= 4 is 36.1 Å². The summed E-state index contributed by atoms with van der Waals surface area (Å²) >= 11 is 4.76. The maximum Gasteiger partial charge on any atom is 0.103 e. The quantitative estimate of drug-likeness (QED) is 0.262. The van der Waals surface area contributed by atoms with E-state index in [-0.39, 0.29) is 28.0 Å². The SMILES string of the molecule is S=c1cccc[nH]1.[Mn].[O-2].[O-2].c1ccc(P(c2ccccc2)c2ccccc2)cc1. The summed E-state index contributed by atoms with van der Waals surface area (Å²) in [4.78, 5) is 2.85. The summed E-state index contributed by atoms with van der Waals surface area (Å²) < 4.78 is 0.780. The van der Waals surface area contributed by atoms with Crippen LogP contribution in [0.5, 0.6) is 0 Å². The topological polar surface area (TPSA) is 72.8 Å². The molecule has 4 aromatic rings. The summed E-state index contributed by atoms with van der Waals surface area (Å²) in [5.74, 6) is 0. The van der Waals surface area contributed by atoms with E-state index in [0.29, 0.717) is 0 Å². The second kappa shape index (κ2) is 14.8. The largest absolute Gasteiger partial charge is 2.00 e. The zero-order valence-corrected chi connectivity index (χ0v) is 18.4. The van der Waals surface area contributed by atoms with Gasteiger partial charge in [0, 0.05) is 23.3 Å². The third-order valence-corrected chi connectivity index (χ3v) is 6.42. The zero-order chi connectivity index (χ0) is 18.0. The van der Waals surface area contributed by atoms with Gasteiger partial charge in [-0.2, -0.15) is 0 Å². The van der Waals surface area contributed by atoms with Crippen LogP contribution in [0.4, 0.5) is 0 Å². The number of aromatic amines is 1. The van der Waals surface area contributed by atoms with E-state index in [1.54, 1.807) is 0 Å². The molecule has 0 aliphatic heterocycles. The summed E-state index contributed by atoms with van der Waals surface area (Å²) in [5, 5.41) is 4.19. The minimum Gasteiger partial charge on any atom is -2.00 e. The fourth-order valence-corrected chi connectivity index (χ4v) is 5.01. The van der Waals surface area contributed by atoms with Gasteiger partial charge in [-0.05, 0) is 36.0 Å². The summed E-state index contributed by atoms with van der Waals surface area (Å²) in [6.07, 6.45) is 1.81. The van der Waals surface area contributed by atoms with Gasteiger partial charge in [-0.15, -0.1) is 0 Å². The van der Waals surface area contributed by atoms with Gasteiger partial charge in [0.15, 0.2) is 0 Å². The summed E-state index contributed by atoms with van der Waals surface area (Å²) in [6.45, 7) is 0. The molecule has 3 aromatic carbocycles. The monoisotopic (exact) mass is 460 g/mol. The Balaban J connectivity index is 0.000000677. The molecule has 0 aliphatic carbocycles. The van der Waals surface area contributed by atoms with Crippen LogP contribution in [-0.4, -0.2) is 4.98 Å². The molecule has 1 heterocycles. The van der Waals surface area contributed by atoms with Crippen LogP contribution >= 0.6 is 20.1 Å². The number of aromatic nitrogens is 1. The molecule has 0 spiro atoms. The van der Waals surface area contributed by atoms with Crippen LogP contribution < -0.4 is 15.9 Å². The Kier molecular flexibility index (Phi) is 13.8. The molecule has 1 aromatic heterocycles. The Labute approximate surface area is 188 Å². The average Bonchev–Trinajstić information content (AvgIpc) is 2.72. The van der Waals surface area contributed by atoms with Gasteiger partial charge in [-0.3, -0.25) is 0 Å². The average molecular weight is 460 g/mol. The standard InChI is InChI=1S/C18H15P.C5H5NS.Mn.2O/c1-4-10-16(11-5-1)19(17-12-6-2-7-13-17)18-14-8-3-9-15-18;7-5-3-1-2-4-6-5;;;/h1-15H;1-4H,(H,6,7);;;/q;;;2*-2. The Bertz CT molecular complexity index is 858. The molecule has 29 heavy (non-hydrogen) atoms. The van der Waals surface area contributed by atoms with Crippen molar-refractivity contribution in [2.75, 3.05) is 0 Å². The van der Waals surface area contributed by atoms with E-state index in [9.17, 15) is 0 Å². The molecule has 4 rings (SSSR count). The molecule has 1 radical (unpaired) electrons. The number of H-pyrrole nitrogens is 1. The molecule has 6 heteroatoms. The Hall–Kier alpha value is -2.10. The van der Waals surface area contributed by atoms with E-state index in [1.807, 2.05) is 24.4 Å². The van der Waals surface area contributed by atoms with E-state index in [1.165, 1.54) is 15.9 Å². The first-order valence-electron chi connectivity index (χ1n) is 8.43. The number of hydrogen-bond donors (Lipinski definition) is 1. The van der Waals surface area contributed by atoms with Gasteiger partial charge >= 0.3 is 0 Å². The van der Waals surface area contributed by atoms with Crippen molar-refractivity contribution in [1.82, 2.24) is 4.98 Å². The van der Waals surface area contributed by atoms with E-state index >= 15 is 0 Å². The van der Waals surface area contributed by atoms with Crippen molar-refractivity contribution in [3.05, 3.63) is 120 Å².